The van der Waals surface area contributed by atoms with Crippen LogP contribution < -0.4 is 5.32 Å². The minimum absolute atomic E-state index is 0.0363. The lowest BCUT2D eigenvalue weighted by atomic mass is 9.67. The second-order valence-corrected chi connectivity index (χ2v) is 9.72. The predicted molar refractivity (Wildman–Crippen MR) is 124 cm³/mol. The van der Waals surface area contributed by atoms with Crippen LogP contribution in [0.25, 0.3) is 0 Å². The Labute approximate surface area is 206 Å². The van der Waals surface area contributed by atoms with E-state index in [2.05, 4.69) is 10.3 Å². The monoisotopic (exact) mass is 504 g/mol. The first-order valence-electron chi connectivity index (χ1n) is 11.1. The number of rotatable bonds is 4. The maximum absolute atomic E-state index is 13.7. The lowest BCUT2D eigenvalue weighted by Gasteiger charge is -2.39. The number of nitrogens with one attached hydrogen (secondary N) is 1. The lowest BCUT2D eigenvalue weighted by Crippen LogP contribution is -2.40. The Bertz CT molecular complexity index is 1250. The Hall–Kier alpha value is -3.13. The smallest absolute Gasteiger partial charge is 0.417 e. The molecule has 0 amide bonds. The van der Waals surface area contributed by atoms with E-state index in [4.69, 9.17) is 16.3 Å². The first kappa shape index (κ1) is 25.0. The van der Waals surface area contributed by atoms with Gasteiger partial charge in [0.2, 0.25) is 0 Å². The molecular formula is C26H24ClF3N2O3. The molecule has 2 aliphatic rings. The number of Topliss-reactive ketones (excluding diaryl/α,β-unsaturated/α-hetero) is 1. The van der Waals surface area contributed by atoms with Gasteiger partial charge in [0.15, 0.2) is 5.78 Å². The van der Waals surface area contributed by atoms with Crippen molar-refractivity contribution in [3.63, 3.8) is 0 Å². The van der Waals surface area contributed by atoms with Crippen molar-refractivity contribution >= 4 is 23.4 Å². The van der Waals surface area contributed by atoms with Crippen molar-refractivity contribution in [2.45, 2.75) is 52.3 Å². The number of dihydropyridines is 1. The Balaban J connectivity index is 1.84. The predicted octanol–water partition coefficient (Wildman–Crippen LogP) is 6.10. The van der Waals surface area contributed by atoms with Crippen LogP contribution in [-0.2, 0) is 27.1 Å². The highest BCUT2D eigenvalue weighted by Crippen LogP contribution is 2.49. The van der Waals surface area contributed by atoms with Crippen molar-refractivity contribution in [2.24, 2.45) is 5.41 Å². The van der Waals surface area contributed by atoms with Gasteiger partial charge in [0, 0.05) is 46.3 Å². The van der Waals surface area contributed by atoms with Gasteiger partial charge in [0.05, 0.1) is 16.2 Å². The summed E-state index contributed by atoms with van der Waals surface area (Å²) < 4.78 is 46.6. The summed E-state index contributed by atoms with van der Waals surface area (Å²) in [5.41, 5.74) is 0.213. The van der Waals surface area contributed by atoms with E-state index in [9.17, 15) is 22.8 Å². The van der Waals surface area contributed by atoms with Gasteiger partial charge in [-0.25, -0.2) is 4.79 Å². The van der Waals surface area contributed by atoms with Gasteiger partial charge in [-0.2, -0.15) is 13.2 Å². The second-order valence-electron chi connectivity index (χ2n) is 9.35. The fourth-order valence-electron chi connectivity index (χ4n) is 4.56. The number of ketones is 1. The number of carbonyl (C=O) groups excluding carboxylic acids is 2. The molecule has 1 aliphatic heterocycles. The molecule has 0 fully saturated rings. The van der Waals surface area contributed by atoms with Crippen LogP contribution in [0.15, 0.2) is 65.3 Å². The summed E-state index contributed by atoms with van der Waals surface area (Å²) in [5, 5.41) is 2.60. The van der Waals surface area contributed by atoms with Gasteiger partial charge < -0.3 is 10.1 Å². The number of hydrogen-bond donors (Lipinski definition) is 1. The van der Waals surface area contributed by atoms with Crippen molar-refractivity contribution in [2.75, 3.05) is 0 Å². The molecule has 1 unspecified atom stereocenters. The summed E-state index contributed by atoms with van der Waals surface area (Å²) in [5.74, 6) is -2.09. The van der Waals surface area contributed by atoms with E-state index < -0.39 is 34.1 Å². The number of halogens is 4. The zero-order valence-electron chi connectivity index (χ0n) is 19.4. The minimum Gasteiger partial charge on any atom is -0.457 e. The first-order chi connectivity index (χ1) is 16.4. The normalized spacial score (nSPS) is 19.9. The Kier molecular flexibility index (Phi) is 6.53. The summed E-state index contributed by atoms with van der Waals surface area (Å²) in [4.78, 5) is 30.9. The standard InChI is InChI=1S/C26H24ClF3N2O3/c1-14-19(24(34)35-13-15-6-5-11-31-12-15)20(16-7-4-8-17(22(16)27)26(28,29)30)21-18(32-14)9-10-25(2,3)23(21)33/h4-8,11-12,20,32H,9-10,13H2,1-3H3. The van der Waals surface area contributed by atoms with Crippen LogP contribution in [0.2, 0.25) is 5.02 Å². The van der Waals surface area contributed by atoms with E-state index in [1.54, 1.807) is 45.3 Å². The maximum atomic E-state index is 13.7. The molecule has 1 N–H and O–H groups in total. The van der Waals surface area contributed by atoms with Crippen LogP contribution >= 0.6 is 11.6 Å². The van der Waals surface area contributed by atoms with Gasteiger partial charge in [-0.3, -0.25) is 9.78 Å². The number of hydrogen-bond acceptors (Lipinski definition) is 5. The van der Waals surface area contributed by atoms with Crippen LogP contribution in [0.4, 0.5) is 13.2 Å². The molecule has 184 valence electrons. The van der Waals surface area contributed by atoms with Crippen LogP contribution in [0.5, 0.6) is 0 Å². The van der Waals surface area contributed by atoms with Gasteiger partial charge in [-0.05, 0) is 37.5 Å². The SMILES string of the molecule is CC1=C(C(=O)OCc2cccnc2)C(c2cccc(C(F)(F)F)c2Cl)C2=C(CCC(C)(C)C2=O)N1. The number of aromatic nitrogens is 1. The van der Waals surface area contributed by atoms with Gasteiger partial charge >= 0.3 is 12.1 Å². The van der Waals surface area contributed by atoms with Crippen molar-refractivity contribution < 1.29 is 27.5 Å². The number of allylic oxidation sites excluding steroid dienone is 3. The average molecular weight is 505 g/mol. The van der Waals surface area contributed by atoms with Gasteiger partial charge in [0.25, 0.3) is 0 Å². The average Bonchev–Trinajstić information content (AvgIpc) is 2.79. The third-order valence-corrected chi connectivity index (χ3v) is 6.88. The Morgan fingerprint density at radius 3 is 2.66 bits per heavy atom. The molecule has 0 spiro atoms. The number of ether oxygens (including phenoxy) is 1. The van der Waals surface area contributed by atoms with Gasteiger partial charge in [-0.15, -0.1) is 0 Å². The quantitative estimate of drug-likeness (QED) is 0.509. The molecule has 1 aromatic carbocycles. The third kappa shape index (κ3) is 4.72. The van der Waals surface area contributed by atoms with E-state index in [0.29, 0.717) is 29.8 Å². The Morgan fingerprint density at radius 2 is 2.00 bits per heavy atom. The highest BCUT2D eigenvalue weighted by atomic mass is 35.5. The number of benzene rings is 1. The number of carbonyl (C=O) groups is 2. The molecule has 4 rings (SSSR count). The van der Waals surface area contributed by atoms with Crippen molar-refractivity contribution in [1.82, 2.24) is 10.3 Å². The number of nitrogens with zero attached hydrogens (tertiary/aromatic N) is 1. The molecule has 35 heavy (non-hydrogen) atoms. The molecular weight excluding hydrogens is 481 g/mol. The molecule has 1 aliphatic carbocycles. The van der Waals surface area contributed by atoms with Crippen LogP contribution in [0.3, 0.4) is 0 Å². The zero-order chi connectivity index (χ0) is 25.5. The molecule has 1 atom stereocenters. The summed E-state index contributed by atoms with van der Waals surface area (Å²) in [6.45, 7) is 5.13. The molecule has 0 radical (unpaired) electrons. The molecule has 1 aromatic heterocycles. The molecule has 9 heteroatoms. The van der Waals surface area contributed by atoms with E-state index in [1.807, 2.05) is 0 Å². The molecule has 2 heterocycles. The number of alkyl halides is 3. The number of esters is 1. The van der Waals surface area contributed by atoms with E-state index in [0.717, 1.165) is 6.07 Å². The third-order valence-electron chi connectivity index (χ3n) is 6.46. The summed E-state index contributed by atoms with van der Waals surface area (Å²) in [6.07, 6.45) is -0.500. The van der Waals surface area contributed by atoms with E-state index in [-0.39, 0.29) is 29.1 Å². The minimum atomic E-state index is -4.70. The fourth-order valence-corrected chi connectivity index (χ4v) is 4.90. The highest BCUT2D eigenvalue weighted by molar-refractivity contribution is 6.32. The molecule has 0 bridgehead atoms. The van der Waals surface area contributed by atoms with Crippen LogP contribution in [0.1, 0.15) is 56.2 Å². The fraction of sp³-hybridized carbons (Fsp3) is 0.346. The number of pyridine rings is 1. The van der Waals surface area contributed by atoms with Crippen LogP contribution in [-0.4, -0.2) is 16.7 Å². The molecule has 5 nitrogen and oxygen atoms in total. The van der Waals surface area contributed by atoms with E-state index in [1.165, 1.54) is 12.1 Å². The van der Waals surface area contributed by atoms with Crippen molar-refractivity contribution in [3.05, 3.63) is 87.0 Å². The van der Waals surface area contributed by atoms with E-state index >= 15 is 0 Å². The van der Waals surface area contributed by atoms with Crippen LogP contribution in [0, 0.1) is 5.41 Å². The Morgan fingerprint density at radius 1 is 1.26 bits per heavy atom. The zero-order valence-corrected chi connectivity index (χ0v) is 20.2. The second kappa shape index (κ2) is 9.15. The maximum Gasteiger partial charge on any atom is 0.417 e. The summed E-state index contributed by atoms with van der Waals surface area (Å²) >= 11 is 6.31. The lowest BCUT2D eigenvalue weighted by molar-refractivity contribution is -0.140. The topological polar surface area (TPSA) is 68.3 Å². The first-order valence-corrected chi connectivity index (χ1v) is 11.5. The van der Waals surface area contributed by atoms with Gasteiger partial charge in [0.1, 0.15) is 6.61 Å². The van der Waals surface area contributed by atoms with Crippen molar-refractivity contribution in [1.29, 1.82) is 0 Å². The highest BCUT2D eigenvalue weighted by Gasteiger charge is 2.46. The van der Waals surface area contributed by atoms with Crippen molar-refractivity contribution in [3.8, 4) is 0 Å². The van der Waals surface area contributed by atoms with Gasteiger partial charge in [-0.1, -0.05) is 43.6 Å². The largest absolute Gasteiger partial charge is 0.457 e. The summed E-state index contributed by atoms with van der Waals surface area (Å²) in [7, 11) is 0. The molecule has 2 aromatic rings. The summed E-state index contributed by atoms with van der Waals surface area (Å²) in [6, 6.07) is 6.97. The molecule has 0 saturated heterocycles. The molecule has 0 saturated carbocycles.